The van der Waals surface area contributed by atoms with Gasteiger partial charge in [-0.1, -0.05) is 80.4 Å². The second-order valence-corrected chi connectivity index (χ2v) is 24.6. The number of rotatable bonds is 5. The van der Waals surface area contributed by atoms with E-state index in [2.05, 4.69) is 98.5 Å². The maximum Gasteiger partial charge on any atom is 0.490 e. The standard InChI is InChI=1S/C23H19FN6O.C18H16BrN5O.C13H11BrN2O2.C5H5BFNO2.C5H7N3/c24-20-7-6-15(11-25-20)16-2-1-3-18-17(16)8-9-29-19(18)10-21(26-12-22(29)31)30-13-27-23(28-30)14-4-5-14;19-14-3-1-2-13-12(14)6-7-23-15(13)8-16(20-9-17(23)25)24-10-21-18(22-24)11-4-5-11;14-10-3-1-2-9-8(10)4-5-16-11(9)6-12(17)15-7-13(16)18;7-5-2-1-4(3-8-5)6(9)10;1-2-4(1)5-6-3-7-8-5/h1-3,6-7,10-11,13-14H,4-5,8-9,12H2;1-3,8,10-11H,4-7,9H2;1-3,6H,4-5,7H2,(H,15,17);1-3,9-10H;3-4H,1-2H2,(H,6,7,8). The zero-order valence-electron chi connectivity index (χ0n) is 49.3. The predicted octanol–water partition coefficient (Wildman–Crippen LogP) is 6.53. The predicted molar refractivity (Wildman–Crippen MR) is 343 cm³/mol. The van der Waals surface area contributed by atoms with Crippen molar-refractivity contribution in [3.05, 3.63) is 200 Å². The summed E-state index contributed by atoms with van der Waals surface area (Å²) in [5, 5.41) is 35.3. The van der Waals surface area contributed by atoms with Crippen LogP contribution in [-0.2, 0) is 38.4 Å². The number of H-pyrrole nitrogens is 1. The number of carbonyl (C=O) groups excluding carboxylic acids is 4. The van der Waals surface area contributed by atoms with E-state index in [-0.39, 0.29) is 48.7 Å². The van der Waals surface area contributed by atoms with Crippen LogP contribution < -0.4 is 10.8 Å². The Morgan fingerprint density at radius 3 is 1.51 bits per heavy atom. The molecule has 3 fully saturated rings. The molecule has 3 saturated carbocycles. The SMILES string of the molecule is O=C1C=C2c3cccc(Br)c3CCN2C(=O)CN1.O=C1CN=C(n2cnc(C3CC3)n2)C=C2c3cccc(-c4ccc(F)nc4)c3CCN12.O=C1CN=C(n2cnc(C3CC3)n2)C=C2c3cccc(Br)c3CCN12.OB(O)c1ccc(F)nc1.c1n[nH]c(C2CC2)n1. The number of benzene rings is 3. The summed E-state index contributed by atoms with van der Waals surface area (Å²) < 4.78 is 30.9. The number of nitrogens with one attached hydrogen (secondary N) is 2. The Labute approximate surface area is 542 Å². The number of aromatic amines is 1. The second-order valence-electron chi connectivity index (χ2n) is 22.9. The number of halogens is 4. The molecule has 6 aliphatic heterocycles. The van der Waals surface area contributed by atoms with Crippen LogP contribution in [0.25, 0.3) is 28.2 Å². The maximum atomic E-state index is 13.3. The van der Waals surface area contributed by atoms with Crippen molar-refractivity contribution in [2.24, 2.45) is 9.98 Å². The third-order valence-electron chi connectivity index (χ3n) is 16.6. The first kappa shape index (κ1) is 61.5. The van der Waals surface area contributed by atoms with Gasteiger partial charge < -0.3 is 30.1 Å². The van der Waals surface area contributed by atoms with Crippen LogP contribution in [0, 0.1) is 11.9 Å². The molecule has 92 heavy (non-hydrogen) atoms. The van der Waals surface area contributed by atoms with Gasteiger partial charge in [0.05, 0.1) is 23.6 Å². The average Bonchev–Trinajstić information content (AvgIpc) is 1.65. The number of nitrogens with zero attached hydrogens (tertiary/aromatic N) is 15. The molecule has 4 amide bonds. The first-order valence-corrected chi connectivity index (χ1v) is 31.7. The van der Waals surface area contributed by atoms with E-state index < -0.39 is 19.0 Å². The van der Waals surface area contributed by atoms with Crippen LogP contribution in [0.1, 0.15) is 107 Å². The van der Waals surface area contributed by atoms with Crippen LogP contribution in [0.15, 0.2) is 147 Å². The Balaban J connectivity index is 0.000000113. The van der Waals surface area contributed by atoms with Crippen molar-refractivity contribution in [1.82, 2.24) is 74.7 Å². The minimum atomic E-state index is -1.58. The number of aromatic nitrogens is 11. The highest BCUT2D eigenvalue weighted by atomic mass is 79.9. The number of allylic oxidation sites excluding steroid dienone is 2. The van der Waals surface area contributed by atoms with E-state index in [4.69, 9.17) is 10.0 Å². The van der Waals surface area contributed by atoms with Crippen molar-refractivity contribution < 1.29 is 38.0 Å². The lowest BCUT2D eigenvalue weighted by atomic mass is 9.82. The van der Waals surface area contributed by atoms with Gasteiger partial charge in [-0.2, -0.15) is 13.9 Å². The molecule has 0 atom stereocenters. The van der Waals surface area contributed by atoms with Crippen molar-refractivity contribution in [2.45, 2.75) is 75.5 Å². The van der Waals surface area contributed by atoms with E-state index in [0.717, 1.165) is 128 Å². The number of amides is 4. The molecule has 0 saturated heterocycles. The van der Waals surface area contributed by atoms with Gasteiger partial charge in [-0.15, -0.1) is 10.2 Å². The van der Waals surface area contributed by atoms with Crippen LogP contribution in [-0.4, -0.2) is 161 Å². The fourth-order valence-electron chi connectivity index (χ4n) is 11.4. The summed E-state index contributed by atoms with van der Waals surface area (Å²) in [5.74, 6) is 4.26. The largest absolute Gasteiger partial charge is 0.490 e. The monoisotopic (exact) mass is 1370 g/mol. The molecule has 0 bridgehead atoms. The second kappa shape index (κ2) is 26.8. The molecule has 466 valence electrons. The molecule has 17 rings (SSSR count). The molecular formula is C64H58BBr2F2N17O6. The van der Waals surface area contributed by atoms with Crippen molar-refractivity contribution in [3.8, 4) is 11.1 Å². The van der Waals surface area contributed by atoms with Gasteiger partial charge in [0.2, 0.25) is 35.5 Å². The molecule has 8 aromatic rings. The number of carbonyl (C=O) groups is 4. The quantitative estimate of drug-likeness (QED) is 0.105. The summed E-state index contributed by atoms with van der Waals surface area (Å²) in [6.07, 6.45) is 22.4. The number of hydrogen-bond acceptors (Lipinski definition) is 16. The smallest absolute Gasteiger partial charge is 0.423 e. The van der Waals surface area contributed by atoms with Crippen LogP contribution in [0.2, 0.25) is 0 Å². The van der Waals surface area contributed by atoms with Crippen molar-refractivity contribution in [2.75, 3.05) is 39.3 Å². The van der Waals surface area contributed by atoms with Gasteiger partial charge in [-0.3, -0.25) is 34.3 Å². The summed E-state index contributed by atoms with van der Waals surface area (Å²) in [7, 11) is -1.58. The Morgan fingerprint density at radius 1 is 0.533 bits per heavy atom. The van der Waals surface area contributed by atoms with Gasteiger partial charge in [0.15, 0.2) is 23.3 Å². The highest BCUT2D eigenvalue weighted by molar-refractivity contribution is 9.10. The summed E-state index contributed by atoms with van der Waals surface area (Å²) in [4.78, 5) is 83.1. The Morgan fingerprint density at radius 2 is 1.02 bits per heavy atom. The lowest BCUT2D eigenvalue weighted by Crippen LogP contribution is -2.38. The maximum absolute atomic E-state index is 13.3. The fourth-order valence-corrected chi connectivity index (χ4v) is 12.5. The fraction of sp³-hybridized carbons (Fsp3) is 0.281. The van der Waals surface area contributed by atoms with Crippen molar-refractivity contribution in [1.29, 1.82) is 0 Å². The summed E-state index contributed by atoms with van der Waals surface area (Å²) in [6, 6.07) is 23.4. The molecule has 3 aliphatic carbocycles. The van der Waals surface area contributed by atoms with Crippen LogP contribution in [0.4, 0.5) is 8.78 Å². The lowest BCUT2D eigenvalue weighted by molar-refractivity contribution is -0.128. The number of aliphatic imine (C=N–C) groups is 2. The van der Waals surface area contributed by atoms with Gasteiger partial charge in [0, 0.05) is 105 Å². The number of hydrogen-bond donors (Lipinski definition) is 4. The van der Waals surface area contributed by atoms with Crippen molar-refractivity contribution in [3.63, 3.8) is 0 Å². The summed E-state index contributed by atoms with van der Waals surface area (Å²) in [5.41, 5.74) is 11.0. The Bertz CT molecular complexity index is 4310. The van der Waals surface area contributed by atoms with Gasteiger partial charge in [-0.25, -0.2) is 34.3 Å². The Hall–Kier alpha value is -9.38. The molecule has 0 spiro atoms. The van der Waals surface area contributed by atoms with E-state index in [1.807, 2.05) is 65.6 Å². The highest BCUT2D eigenvalue weighted by Crippen LogP contribution is 2.41. The van der Waals surface area contributed by atoms with E-state index in [9.17, 15) is 28.0 Å². The molecular weight excluding hydrogens is 1310 g/mol. The zero-order chi connectivity index (χ0) is 63.6. The van der Waals surface area contributed by atoms with Gasteiger partial charge >= 0.3 is 7.12 Å². The van der Waals surface area contributed by atoms with E-state index >= 15 is 0 Å². The summed E-state index contributed by atoms with van der Waals surface area (Å²) >= 11 is 7.15. The van der Waals surface area contributed by atoms with Gasteiger partial charge in [-0.05, 0) is 110 Å². The first-order valence-electron chi connectivity index (χ1n) is 30.1. The molecule has 5 aromatic heterocycles. The molecule has 3 aromatic carbocycles. The summed E-state index contributed by atoms with van der Waals surface area (Å²) in [6.45, 7) is 2.14. The van der Waals surface area contributed by atoms with E-state index in [0.29, 0.717) is 61.2 Å². The normalized spacial score (nSPS) is 17.8. The minimum Gasteiger partial charge on any atom is -0.423 e. The molecule has 9 aliphatic rings. The van der Waals surface area contributed by atoms with Crippen LogP contribution >= 0.6 is 31.9 Å². The van der Waals surface area contributed by atoms with Gasteiger partial charge in [0.1, 0.15) is 37.9 Å². The minimum absolute atomic E-state index is 0.0226. The molecule has 11 heterocycles. The highest BCUT2D eigenvalue weighted by Gasteiger charge is 2.35. The van der Waals surface area contributed by atoms with E-state index in [1.165, 1.54) is 36.6 Å². The van der Waals surface area contributed by atoms with E-state index in [1.54, 1.807) is 50.4 Å². The molecule has 4 N–H and O–H groups in total. The van der Waals surface area contributed by atoms with Gasteiger partial charge in [0.25, 0.3) is 0 Å². The van der Waals surface area contributed by atoms with Crippen molar-refractivity contribution >= 4 is 96.8 Å². The topological polar surface area (TPSA) is 284 Å². The number of fused-ring (bicyclic) bond motifs is 9. The molecule has 28 heteroatoms. The number of pyridine rings is 2. The first-order chi connectivity index (χ1) is 44.7. The zero-order valence-corrected chi connectivity index (χ0v) is 52.5. The molecule has 0 radical (unpaired) electrons. The third kappa shape index (κ3) is 13.8. The molecule has 23 nitrogen and oxygen atoms in total. The Kier molecular flexibility index (Phi) is 17.9. The van der Waals surface area contributed by atoms with Crippen LogP contribution in [0.5, 0.6) is 0 Å². The van der Waals surface area contributed by atoms with Crippen LogP contribution in [0.3, 0.4) is 0 Å². The third-order valence-corrected chi connectivity index (χ3v) is 18.1. The average molecular weight is 1370 g/mol. The lowest BCUT2D eigenvalue weighted by Gasteiger charge is -2.32. The molecule has 0 unspecified atom stereocenters.